The van der Waals surface area contributed by atoms with E-state index in [0.29, 0.717) is 13.1 Å². The van der Waals surface area contributed by atoms with Crippen molar-refractivity contribution in [2.24, 2.45) is 0 Å². The van der Waals surface area contributed by atoms with Gasteiger partial charge in [-0.1, -0.05) is 24.3 Å². The number of carbonyl (C=O) groups excluding carboxylic acids is 1. The predicted molar refractivity (Wildman–Crippen MR) is 79.4 cm³/mol. The highest BCUT2D eigenvalue weighted by molar-refractivity contribution is 5.81. The molecule has 0 radical (unpaired) electrons. The Hall–Kier alpha value is -1.39. The van der Waals surface area contributed by atoms with E-state index < -0.39 is 0 Å². The van der Waals surface area contributed by atoms with Crippen molar-refractivity contribution in [1.29, 1.82) is 0 Å². The van der Waals surface area contributed by atoms with Crippen LogP contribution in [0.15, 0.2) is 24.3 Å². The van der Waals surface area contributed by atoms with E-state index >= 15 is 0 Å². The van der Waals surface area contributed by atoms with Crippen LogP contribution in [0.4, 0.5) is 0 Å². The molecule has 20 heavy (non-hydrogen) atoms. The fourth-order valence-corrected chi connectivity index (χ4v) is 2.81. The fraction of sp³-hybridized carbons (Fsp3) is 0.562. The third-order valence-electron chi connectivity index (χ3n) is 4.13. The number of rotatable bonds is 5. The lowest BCUT2D eigenvalue weighted by atomic mass is 9.98. The van der Waals surface area contributed by atoms with Gasteiger partial charge in [0.1, 0.15) is 0 Å². The molecule has 1 amide bonds. The molecule has 0 bridgehead atoms. The highest BCUT2D eigenvalue weighted by Gasteiger charge is 2.27. The Bertz CT molecular complexity index is 462. The van der Waals surface area contributed by atoms with Crippen molar-refractivity contribution in [1.82, 2.24) is 9.80 Å². The molecule has 4 heteroatoms. The Kier molecular flexibility index (Phi) is 5.15. The second kappa shape index (κ2) is 6.86. The molecule has 2 rings (SSSR count). The highest BCUT2D eigenvalue weighted by atomic mass is 16.3. The molecular formula is C16H24N2O2. The SMILES string of the molecule is CCN(CCO)C(=O)C(C)N1CCc2ccccc2C1. The smallest absolute Gasteiger partial charge is 0.239 e. The summed E-state index contributed by atoms with van der Waals surface area (Å²) in [5.41, 5.74) is 2.72. The molecule has 0 spiro atoms. The number of hydrogen-bond acceptors (Lipinski definition) is 3. The molecule has 0 aromatic heterocycles. The number of hydrogen-bond donors (Lipinski definition) is 1. The summed E-state index contributed by atoms with van der Waals surface area (Å²) in [6, 6.07) is 8.31. The van der Waals surface area contributed by atoms with Crippen LogP contribution in [0.5, 0.6) is 0 Å². The first-order valence-corrected chi connectivity index (χ1v) is 7.37. The van der Waals surface area contributed by atoms with Crippen molar-refractivity contribution in [2.45, 2.75) is 32.9 Å². The topological polar surface area (TPSA) is 43.8 Å². The van der Waals surface area contributed by atoms with Crippen LogP contribution in [-0.2, 0) is 17.8 Å². The van der Waals surface area contributed by atoms with E-state index in [0.717, 1.165) is 19.5 Å². The van der Waals surface area contributed by atoms with Crippen LogP contribution < -0.4 is 0 Å². The monoisotopic (exact) mass is 276 g/mol. The van der Waals surface area contributed by atoms with E-state index in [4.69, 9.17) is 5.11 Å². The van der Waals surface area contributed by atoms with Crippen LogP contribution in [-0.4, -0.2) is 53.1 Å². The van der Waals surface area contributed by atoms with Crippen LogP contribution in [0.3, 0.4) is 0 Å². The Morgan fingerprint density at radius 3 is 2.75 bits per heavy atom. The van der Waals surface area contributed by atoms with Gasteiger partial charge in [0.05, 0.1) is 12.6 Å². The van der Waals surface area contributed by atoms with E-state index in [-0.39, 0.29) is 18.6 Å². The maximum atomic E-state index is 12.4. The Balaban J connectivity index is 2.03. The molecule has 1 heterocycles. The van der Waals surface area contributed by atoms with Gasteiger partial charge in [0.2, 0.25) is 5.91 Å². The quantitative estimate of drug-likeness (QED) is 0.881. The molecular weight excluding hydrogens is 252 g/mol. The number of nitrogens with zero attached hydrogens (tertiary/aromatic N) is 2. The first-order valence-electron chi connectivity index (χ1n) is 7.37. The van der Waals surface area contributed by atoms with Crippen molar-refractivity contribution in [3.63, 3.8) is 0 Å². The molecule has 0 saturated heterocycles. The van der Waals surface area contributed by atoms with Crippen molar-refractivity contribution < 1.29 is 9.90 Å². The molecule has 1 aromatic carbocycles. The summed E-state index contributed by atoms with van der Waals surface area (Å²) in [6.07, 6.45) is 1.000. The van der Waals surface area contributed by atoms with Crippen molar-refractivity contribution in [3.8, 4) is 0 Å². The number of amides is 1. The number of fused-ring (bicyclic) bond motifs is 1. The number of aliphatic hydroxyl groups excluding tert-OH is 1. The van der Waals surface area contributed by atoms with E-state index in [1.807, 2.05) is 13.8 Å². The first kappa shape index (κ1) is 15.0. The zero-order valence-electron chi connectivity index (χ0n) is 12.4. The van der Waals surface area contributed by atoms with E-state index in [1.54, 1.807) is 4.90 Å². The van der Waals surface area contributed by atoms with Crippen LogP contribution in [0.2, 0.25) is 0 Å². The largest absolute Gasteiger partial charge is 0.395 e. The fourth-order valence-electron chi connectivity index (χ4n) is 2.81. The number of benzene rings is 1. The second-order valence-electron chi connectivity index (χ2n) is 5.31. The third-order valence-corrected chi connectivity index (χ3v) is 4.13. The van der Waals surface area contributed by atoms with Gasteiger partial charge in [-0.2, -0.15) is 0 Å². The lowest BCUT2D eigenvalue weighted by Gasteiger charge is -2.35. The van der Waals surface area contributed by atoms with Gasteiger partial charge in [0, 0.05) is 26.2 Å². The standard InChI is InChI=1S/C16H24N2O2/c1-3-17(10-11-19)16(20)13(2)18-9-8-14-6-4-5-7-15(14)12-18/h4-7,13,19H,3,8-12H2,1-2H3. The highest BCUT2D eigenvalue weighted by Crippen LogP contribution is 2.20. The summed E-state index contributed by atoms with van der Waals surface area (Å²) in [4.78, 5) is 16.4. The molecule has 1 aromatic rings. The van der Waals surface area contributed by atoms with Gasteiger partial charge in [-0.15, -0.1) is 0 Å². The van der Waals surface area contributed by atoms with E-state index in [9.17, 15) is 4.79 Å². The lowest BCUT2D eigenvalue weighted by molar-refractivity contribution is -0.137. The van der Waals surface area contributed by atoms with Crippen LogP contribution >= 0.6 is 0 Å². The molecule has 1 N–H and O–H groups in total. The minimum atomic E-state index is -0.130. The van der Waals surface area contributed by atoms with Gasteiger partial charge in [0.25, 0.3) is 0 Å². The predicted octanol–water partition coefficient (Wildman–Crippen LogP) is 1.27. The maximum absolute atomic E-state index is 12.4. The Morgan fingerprint density at radius 2 is 2.10 bits per heavy atom. The second-order valence-corrected chi connectivity index (χ2v) is 5.31. The molecule has 1 atom stereocenters. The zero-order chi connectivity index (χ0) is 14.5. The first-order chi connectivity index (χ1) is 9.67. The van der Waals surface area contributed by atoms with Crippen LogP contribution in [0.25, 0.3) is 0 Å². The summed E-state index contributed by atoms with van der Waals surface area (Å²) in [7, 11) is 0. The average molecular weight is 276 g/mol. The van der Waals surface area contributed by atoms with Gasteiger partial charge in [-0.3, -0.25) is 9.69 Å². The summed E-state index contributed by atoms with van der Waals surface area (Å²) < 4.78 is 0. The van der Waals surface area contributed by atoms with Crippen LogP contribution in [0, 0.1) is 0 Å². The van der Waals surface area contributed by atoms with Gasteiger partial charge in [-0.25, -0.2) is 0 Å². The lowest BCUT2D eigenvalue weighted by Crippen LogP contribution is -2.49. The van der Waals surface area contributed by atoms with Gasteiger partial charge in [-0.05, 0) is 31.4 Å². The molecule has 1 aliphatic heterocycles. The Labute approximate surface area is 121 Å². The molecule has 1 unspecified atom stereocenters. The summed E-state index contributed by atoms with van der Waals surface area (Å²) >= 11 is 0. The minimum absolute atomic E-state index is 0.0229. The molecule has 110 valence electrons. The average Bonchev–Trinajstić information content (AvgIpc) is 2.50. The summed E-state index contributed by atoms with van der Waals surface area (Å²) in [5, 5.41) is 9.03. The van der Waals surface area contributed by atoms with Gasteiger partial charge < -0.3 is 10.0 Å². The zero-order valence-corrected chi connectivity index (χ0v) is 12.4. The normalized spacial score (nSPS) is 16.6. The summed E-state index contributed by atoms with van der Waals surface area (Å²) in [5.74, 6) is 0.112. The van der Waals surface area contributed by atoms with Gasteiger partial charge in [0.15, 0.2) is 0 Å². The Morgan fingerprint density at radius 1 is 1.40 bits per heavy atom. The number of likely N-dealkylation sites (N-methyl/N-ethyl adjacent to an activating group) is 1. The summed E-state index contributed by atoms with van der Waals surface area (Å²) in [6.45, 7) is 6.76. The van der Waals surface area contributed by atoms with Gasteiger partial charge >= 0.3 is 0 Å². The molecule has 1 aliphatic rings. The number of aliphatic hydroxyl groups is 1. The van der Waals surface area contributed by atoms with Crippen LogP contribution in [0.1, 0.15) is 25.0 Å². The van der Waals surface area contributed by atoms with Crippen molar-refractivity contribution in [2.75, 3.05) is 26.2 Å². The minimum Gasteiger partial charge on any atom is -0.395 e. The number of carbonyl (C=O) groups is 1. The molecule has 0 aliphatic carbocycles. The van der Waals surface area contributed by atoms with Crippen molar-refractivity contribution >= 4 is 5.91 Å². The third kappa shape index (κ3) is 3.19. The maximum Gasteiger partial charge on any atom is 0.239 e. The van der Waals surface area contributed by atoms with Crippen molar-refractivity contribution in [3.05, 3.63) is 35.4 Å². The molecule has 4 nitrogen and oxygen atoms in total. The van der Waals surface area contributed by atoms with E-state index in [1.165, 1.54) is 11.1 Å². The molecule has 0 fully saturated rings. The van der Waals surface area contributed by atoms with E-state index in [2.05, 4.69) is 29.2 Å². The molecule has 0 saturated carbocycles.